The van der Waals surface area contributed by atoms with Crippen molar-refractivity contribution in [1.82, 2.24) is 45.2 Å². The highest BCUT2D eigenvalue weighted by Crippen LogP contribution is 2.43. The van der Waals surface area contributed by atoms with Gasteiger partial charge in [0.05, 0.1) is 29.1 Å². The number of allylic oxidation sites excluding steroid dienone is 2. The first-order valence-electron chi connectivity index (χ1n) is 16.7. The molecule has 5 aromatic rings. The number of aromatic nitrogens is 6. The molecule has 1 aromatic carbocycles. The average molecular weight is 666 g/mol. The van der Waals surface area contributed by atoms with Crippen molar-refractivity contribution in [3.63, 3.8) is 0 Å². The molecule has 3 aliphatic heterocycles. The van der Waals surface area contributed by atoms with Crippen LogP contribution in [0.4, 0.5) is 13.2 Å². The standard InChI is InChI=1S/C36H34F3N9O/c37-24-14-22(15-25(16-24)49-12-11-47-8-1-2-9-47)26-3-4-28-31(42-28)33-30(26)43-35(44-33)34-32-29(45-46-34)6-5-27(41-32)23-13-21(17-40-18-23)19-48-10-7-36(38,39)20-48/h3-6,13-18,31,42H,1-2,7-12,19-20H2,(H,43,44)(H,45,46). The number of fused-ring (bicyclic) bond motifs is 4. The lowest BCUT2D eigenvalue weighted by molar-refractivity contribution is 0.0115. The summed E-state index contributed by atoms with van der Waals surface area (Å²) in [5, 5.41) is 11.0. The number of halogens is 3. The minimum Gasteiger partial charge on any atom is -0.492 e. The van der Waals surface area contributed by atoms with E-state index < -0.39 is 5.92 Å². The second-order valence-corrected chi connectivity index (χ2v) is 13.3. The summed E-state index contributed by atoms with van der Waals surface area (Å²) in [4.78, 5) is 22.0. The van der Waals surface area contributed by atoms with E-state index in [0.717, 1.165) is 53.2 Å². The van der Waals surface area contributed by atoms with Gasteiger partial charge in [-0.05, 0) is 73.5 Å². The van der Waals surface area contributed by atoms with Crippen LogP contribution in [0.15, 0.2) is 66.6 Å². The molecule has 1 unspecified atom stereocenters. The lowest BCUT2D eigenvalue weighted by Gasteiger charge is -2.15. The topological polar surface area (TPSA) is 121 Å². The Bertz CT molecular complexity index is 2130. The highest BCUT2D eigenvalue weighted by atomic mass is 19.3. The molecule has 0 amide bonds. The summed E-state index contributed by atoms with van der Waals surface area (Å²) >= 11 is 0. The molecule has 3 N–H and O–H groups in total. The smallest absolute Gasteiger partial charge is 0.261 e. The first-order chi connectivity index (χ1) is 23.8. The van der Waals surface area contributed by atoms with Gasteiger partial charge >= 0.3 is 0 Å². The fourth-order valence-corrected chi connectivity index (χ4v) is 7.13. The monoisotopic (exact) mass is 665 g/mol. The SMILES string of the molecule is Fc1cc(OCCN2CCCC2)cc(C2=CC=C3NC3c3[nH]c(-c4n[nH]c5ccc(-c6cncc(CN7CCC(F)(F)C7)c6)nc45)nc32)c1. The van der Waals surface area contributed by atoms with Crippen LogP contribution >= 0.6 is 0 Å². The molecule has 250 valence electrons. The number of likely N-dealkylation sites (tertiary alicyclic amines) is 2. The third kappa shape index (κ3) is 5.97. The van der Waals surface area contributed by atoms with E-state index in [1.165, 1.54) is 25.0 Å². The Morgan fingerprint density at radius 2 is 1.84 bits per heavy atom. The Kier molecular flexibility index (Phi) is 7.27. The number of imidazole rings is 1. The fraction of sp³-hybridized carbons (Fsp3) is 0.333. The van der Waals surface area contributed by atoms with Crippen LogP contribution < -0.4 is 10.1 Å². The van der Waals surface area contributed by atoms with Gasteiger partial charge < -0.3 is 15.0 Å². The van der Waals surface area contributed by atoms with Gasteiger partial charge in [0.2, 0.25) is 0 Å². The first-order valence-corrected chi connectivity index (χ1v) is 16.7. The highest BCUT2D eigenvalue weighted by Gasteiger charge is 2.39. The van der Waals surface area contributed by atoms with Gasteiger partial charge in [-0.2, -0.15) is 5.10 Å². The van der Waals surface area contributed by atoms with Crippen LogP contribution in [0, 0.1) is 5.82 Å². The van der Waals surface area contributed by atoms with Crippen LogP contribution in [0.5, 0.6) is 5.75 Å². The van der Waals surface area contributed by atoms with Crippen molar-refractivity contribution in [3.8, 4) is 28.5 Å². The van der Waals surface area contributed by atoms with Crippen LogP contribution in [-0.2, 0) is 6.54 Å². The maximum absolute atomic E-state index is 15.0. The fourth-order valence-electron chi connectivity index (χ4n) is 7.13. The summed E-state index contributed by atoms with van der Waals surface area (Å²) in [5.41, 5.74) is 8.25. The minimum absolute atomic E-state index is 0.0344. The van der Waals surface area contributed by atoms with E-state index in [1.807, 2.05) is 36.4 Å². The highest BCUT2D eigenvalue weighted by molar-refractivity contribution is 5.91. The first kappa shape index (κ1) is 30.1. The Labute approximate surface area is 280 Å². The Morgan fingerprint density at radius 1 is 0.939 bits per heavy atom. The maximum Gasteiger partial charge on any atom is 0.261 e. The van der Waals surface area contributed by atoms with Crippen molar-refractivity contribution in [2.24, 2.45) is 0 Å². The molecule has 49 heavy (non-hydrogen) atoms. The second kappa shape index (κ2) is 11.8. The molecule has 7 heterocycles. The molecule has 0 radical (unpaired) electrons. The Morgan fingerprint density at radius 3 is 2.69 bits per heavy atom. The molecule has 13 heteroatoms. The summed E-state index contributed by atoms with van der Waals surface area (Å²) in [6, 6.07) is 10.5. The summed E-state index contributed by atoms with van der Waals surface area (Å²) in [6.07, 6.45) is 9.69. The lowest BCUT2D eigenvalue weighted by Crippen LogP contribution is -2.25. The van der Waals surface area contributed by atoms with Crippen molar-refractivity contribution in [2.45, 2.75) is 37.8 Å². The van der Waals surface area contributed by atoms with Crippen molar-refractivity contribution in [2.75, 3.05) is 39.3 Å². The van der Waals surface area contributed by atoms with Crippen molar-refractivity contribution < 1.29 is 17.9 Å². The number of rotatable bonds is 9. The molecule has 0 bridgehead atoms. The average Bonchev–Trinajstić information content (AvgIpc) is 3.48. The number of H-pyrrole nitrogens is 2. The zero-order valence-electron chi connectivity index (χ0n) is 26.6. The quantitative estimate of drug-likeness (QED) is 0.168. The van der Waals surface area contributed by atoms with Gasteiger partial charge in [0.15, 0.2) is 11.5 Å². The predicted molar refractivity (Wildman–Crippen MR) is 178 cm³/mol. The van der Waals surface area contributed by atoms with Gasteiger partial charge in [-0.1, -0.05) is 6.08 Å². The third-order valence-corrected chi connectivity index (χ3v) is 9.68. The predicted octanol–water partition coefficient (Wildman–Crippen LogP) is 5.84. The van der Waals surface area contributed by atoms with Crippen LogP contribution in [0.25, 0.3) is 39.4 Å². The lowest BCUT2D eigenvalue weighted by atomic mass is 10.0. The second-order valence-electron chi connectivity index (χ2n) is 13.3. The molecule has 9 rings (SSSR count). The number of pyridine rings is 2. The number of aromatic amines is 2. The van der Waals surface area contributed by atoms with E-state index in [-0.39, 0.29) is 24.8 Å². The van der Waals surface area contributed by atoms with E-state index in [1.54, 1.807) is 17.3 Å². The van der Waals surface area contributed by atoms with Gasteiger partial charge in [0.25, 0.3) is 5.92 Å². The number of alkyl halides is 2. The maximum atomic E-state index is 15.0. The Balaban J connectivity index is 1.01. The van der Waals surface area contributed by atoms with E-state index in [4.69, 9.17) is 14.7 Å². The van der Waals surface area contributed by atoms with Crippen LogP contribution in [0.1, 0.15) is 47.8 Å². The number of nitrogens with one attached hydrogen (secondary N) is 3. The van der Waals surface area contributed by atoms with E-state index in [0.29, 0.717) is 59.4 Å². The molecular formula is C36H34F3N9O. The molecule has 1 aliphatic carbocycles. The van der Waals surface area contributed by atoms with E-state index in [9.17, 15) is 13.2 Å². The zero-order valence-corrected chi connectivity index (χ0v) is 26.6. The molecule has 1 atom stereocenters. The van der Waals surface area contributed by atoms with Gasteiger partial charge in [-0.25, -0.2) is 23.1 Å². The van der Waals surface area contributed by atoms with Gasteiger partial charge in [0.1, 0.15) is 29.7 Å². The summed E-state index contributed by atoms with van der Waals surface area (Å²) in [5.74, 6) is -2.01. The molecule has 10 nitrogen and oxygen atoms in total. The van der Waals surface area contributed by atoms with Crippen molar-refractivity contribution >= 4 is 16.6 Å². The van der Waals surface area contributed by atoms with Crippen LogP contribution in [-0.4, -0.2) is 85.2 Å². The van der Waals surface area contributed by atoms with E-state index in [2.05, 4.69) is 30.4 Å². The molecule has 0 saturated carbocycles. The van der Waals surface area contributed by atoms with Crippen molar-refractivity contribution in [3.05, 3.63) is 95.0 Å². The van der Waals surface area contributed by atoms with Crippen molar-refractivity contribution in [1.29, 1.82) is 0 Å². The molecule has 3 saturated heterocycles. The number of hydrogen-bond acceptors (Lipinski definition) is 8. The molecule has 0 spiro atoms. The number of hydrogen-bond donors (Lipinski definition) is 3. The molecule has 3 fully saturated rings. The molecule has 4 aromatic heterocycles. The molecular weight excluding hydrogens is 631 g/mol. The van der Waals surface area contributed by atoms with Gasteiger partial charge in [-0.15, -0.1) is 0 Å². The van der Waals surface area contributed by atoms with Gasteiger partial charge in [0, 0.05) is 61.3 Å². The summed E-state index contributed by atoms with van der Waals surface area (Å²) < 4.78 is 48.5. The Hall–Kier alpha value is -5.01. The largest absolute Gasteiger partial charge is 0.492 e. The summed E-state index contributed by atoms with van der Waals surface area (Å²) in [6.45, 7) is 3.97. The van der Waals surface area contributed by atoms with E-state index >= 15 is 0 Å². The minimum atomic E-state index is -2.65. The number of nitrogens with zero attached hydrogens (tertiary/aromatic N) is 6. The molecule has 4 aliphatic rings. The normalized spacial score (nSPS) is 20.0. The number of benzene rings is 1. The zero-order chi connectivity index (χ0) is 33.1. The number of ether oxygens (including phenoxy) is 1. The summed E-state index contributed by atoms with van der Waals surface area (Å²) in [7, 11) is 0. The van der Waals surface area contributed by atoms with Gasteiger partial charge in [-0.3, -0.25) is 19.9 Å². The van der Waals surface area contributed by atoms with Crippen LogP contribution in [0.3, 0.4) is 0 Å². The van der Waals surface area contributed by atoms with Crippen LogP contribution in [0.2, 0.25) is 0 Å². The third-order valence-electron chi connectivity index (χ3n) is 9.68.